The Balaban J connectivity index is 1.71. The van der Waals surface area contributed by atoms with Crippen molar-refractivity contribution >= 4 is 17.6 Å². The molecule has 158 valence electrons. The lowest BCUT2D eigenvalue weighted by atomic mass is 10.0. The number of amides is 2. The highest BCUT2D eigenvalue weighted by atomic mass is 35.5. The maximum atomic E-state index is 14.6. The molecule has 1 fully saturated rings. The van der Waals surface area contributed by atoms with E-state index >= 15 is 0 Å². The zero-order chi connectivity index (χ0) is 21.0. The van der Waals surface area contributed by atoms with Crippen LogP contribution in [0.15, 0.2) is 22.7 Å². The quantitative estimate of drug-likeness (QED) is 0.703. The second-order valence-electron chi connectivity index (χ2n) is 7.65. The van der Waals surface area contributed by atoms with Gasteiger partial charge in [0.25, 0.3) is 0 Å². The molecule has 29 heavy (non-hydrogen) atoms. The minimum absolute atomic E-state index is 0.0518. The van der Waals surface area contributed by atoms with Crippen molar-refractivity contribution in [2.24, 2.45) is 5.92 Å². The predicted octanol–water partition coefficient (Wildman–Crippen LogP) is 4.00. The summed E-state index contributed by atoms with van der Waals surface area (Å²) in [5, 5.41) is 9.91. The number of carbonyl (C=O) groups excluding carboxylic acids is 1. The van der Waals surface area contributed by atoms with Crippen molar-refractivity contribution in [2.45, 2.75) is 45.7 Å². The molecule has 9 heteroatoms. The van der Waals surface area contributed by atoms with Crippen molar-refractivity contribution in [3.05, 3.63) is 46.3 Å². The van der Waals surface area contributed by atoms with Gasteiger partial charge in [-0.1, -0.05) is 36.7 Å². The first-order valence-corrected chi connectivity index (χ1v) is 10.3. The fourth-order valence-corrected chi connectivity index (χ4v) is 3.92. The molecule has 2 atom stereocenters. The van der Waals surface area contributed by atoms with Crippen LogP contribution in [0.4, 0.5) is 9.18 Å². The van der Waals surface area contributed by atoms with Gasteiger partial charge in [-0.15, -0.1) is 0 Å². The van der Waals surface area contributed by atoms with Crippen LogP contribution in [0, 0.1) is 18.7 Å². The maximum Gasteiger partial charge on any atom is 0.315 e. The summed E-state index contributed by atoms with van der Waals surface area (Å²) >= 11 is 6.30. The van der Waals surface area contributed by atoms with E-state index in [2.05, 4.69) is 25.7 Å². The number of halogens is 2. The summed E-state index contributed by atoms with van der Waals surface area (Å²) in [5.74, 6) is 0.561. The largest absolute Gasteiger partial charge is 0.337 e. The van der Waals surface area contributed by atoms with Gasteiger partial charge in [-0.3, -0.25) is 4.90 Å². The summed E-state index contributed by atoms with van der Waals surface area (Å²) in [6.45, 7) is 7.56. The van der Waals surface area contributed by atoms with Crippen molar-refractivity contribution in [1.29, 1.82) is 0 Å². The third-order valence-corrected chi connectivity index (χ3v) is 5.46. The zero-order valence-corrected chi connectivity index (χ0v) is 17.7. The van der Waals surface area contributed by atoms with Crippen molar-refractivity contribution in [3.63, 3.8) is 0 Å². The van der Waals surface area contributed by atoms with Crippen LogP contribution in [0.25, 0.3) is 0 Å². The molecular weight excluding hydrogens is 397 g/mol. The summed E-state index contributed by atoms with van der Waals surface area (Å²) < 4.78 is 19.8. The topological polar surface area (TPSA) is 83.3 Å². The van der Waals surface area contributed by atoms with Crippen LogP contribution >= 0.6 is 11.6 Å². The molecule has 2 unspecified atom stereocenters. The van der Waals surface area contributed by atoms with Crippen molar-refractivity contribution in [2.75, 3.05) is 19.6 Å². The molecule has 1 aromatic carbocycles. The minimum Gasteiger partial charge on any atom is -0.337 e. The van der Waals surface area contributed by atoms with Crippen molar-refractivity contribution in [1.82, 2.24) is 25.7 Å². The average molecular weight is 424 g/mol. The molecule has 0 bridgehead atoms. The molecule has 0 radical (unpaired) electrons. The number of benzene rings is 1. The lowest BCUT2D eigenvalue weighted by Crippen LogP contribution is -2.44. The molecule has 0 aliphatic carbocycles. The van der Waals surface area contributed by atoms with Crippen molar-refractivity contribution in [3.8, 4) is 0 Å². The summed E-state index contributed by atoms with van der Waals surface area (Å²) in [6, 6.07) is 3.53. The molecule has 2 heterocycles. The second-order valence-corrected chi connectivity index (χ2v) is 8.06. The van der Waals surface area contributed by atoms with Gasteiger partial charge in [0.2, 0.25) is 5.89 Å². The Bertz CT molecular complexity index is 818. The van der Waals surface area contributed by atoms with Gasteiger partial charge in [0.15, 0.2) is 5.82 Å². The van der Waals surface area contributed by atoms with Gasteiger partial charge in [-0.25, -0.2) is 9.18 Å². The van der Waals surface area contributed by atoms with E-state index in [0.717, 1.165) is 25.9 Å². The van der Waals surface area contributed by atoms with Gasteiger partial charge < -0.3 is 15.2 Å². The SMILES string of the molecule is Cc1noc(C(NC(=O)NCC(c2c(F)cccc2Cl)N2CCCC2)C(C)C)n1. The first kappa shape index (κ1) is 21.5. The second kappa shape index (κ2) is 9.54. The van der Waals surface area contributed by atoms with Crippen LogP contribution in [0.1, 0.15) is 56.1 Å². The van der Waals surface area contributed by atoms with Crippen LogP contribution in [0.2, 0.25) is 5.02 Å². The smallest absolute Gasteiger partial charge is 0.315 e. The zero-order valence-electron chi connectivity index (χ0n) is 16.9. The molecule has 3 rings (SSSR count). The Morgan fingerprint density at radius 2 is 2.07 bits per heavy atom. The van der Waals surface area contributed by atoms with E-state index in [9.17, 15) is 9.18 Å². The van der Waals surface area contributed by atoms with E-state index in [1.54, 1.807) is 19.1 Å². The highest BCUT2D eigenvalue weighted by Crippen LogP contribution is 2.32. The molecule has 2 aromatic rings. The molecule has 0 saturated carbocycles. The Hall–Kier alpha value is -2.19. The van der Waals surface area contributed by atoms with Crippen LogP contribution < -0.4 is 10.6 Å². The monoisotopic (exact) mass is 423 g/mol. The van der Waals surface area contributed by atoms with Crippen LogP contribution in [0.3, 0.4) is 0 Å². The Kier molecular flexibility index (Phi) is 7.08. The molecule has 1 aromatic heterocycles. The molecular formula is C20H27ClFN5O2. The fourth-order valence-electron chi connectivity index (χ4n) is 3.63. The highest BCUT2D eigenvalue weighted by molar-refractivity contribution is 6.31. The number of aryl methyl sites for hydroxylation is 1. The molecule has 1 saturated heterocycles. The lowest BCUT2D eigenvalue weighted by molar-refractivity contribution is 0.209. The fraction of sp³-hybridized carbons (Fsp3) is 0.550. The van der Waals surface area contributed by atoms with Gasteiger partial charge in [0.1, 0.15) is 11.9 Å². The Morgan fingerprint density at radius 3 is 2.66 bits per heavy atom. The Morgan fingerprint density at radius 1 is 1.34 bits per heavy atom. The molecule has 0 spiro atoms. The number of nitrogens with one attached hydrogen (secondary N) is 2. The molecule has 2 N–H and O–H groups in total. The normalized spacial score (nSPS) is 16.8. The molecule has 1 aliphatic heterocycles. The van der Waals surface area contributed by atoms with E-state index in [1.165, 1.54) is 6.07 Å². The van der Waals surface area contributed by atoms with Crippen LogP contribution in [-0.2, 0) is 0 Å². The third kappa shape index (κ3) is 5.25. The minimum atomic E-state index is -0.418. The number of hydrogen-bond acceptors (Lipinski definition) is 5. The van der Waals surface area contributed by atoms with Crippen LogP contribution in [0.5, 0.6) is 0 Å². The predicted molar refractivity (Wildman–Crippen MR) is 108 cm³/mol. The van der Waals surface area contributed by atoms with E-state index in [1.807, 2.05) is 13.8 Å². The highest BCUT2D eigenvalue weighted by Gasteiger charge is 2.29. The summed E-state index contributed by atoms with van der Waals surface area (Å²) in [5.41, 5.74) is 0.421. The number of carbonyl (C=O) groups is 1. The van der Waals surface area contributed by atoms with Crippen LogP contribution in [-0.4, -0.2) is 40.7 Å². The van der Waals surface area contributed by atoms with Gasteiger partial charge in [-0.05, 0) is 50.9 Å². The van der Waals surface area contributed by atoms with Crippen molar-refractivity contribution < 1.29 is 13.7 Å². The van der Waals surface area contributed by atoms with Gasteiger partial charge in [0.05, 0.1) is 6.04 Å². The van der Waals surface area contributed by atoms with E-state index in [0.29, 0.717) is 22.3 Å². The Labute approximate surface area is 175 Å². The molecule has 1 aliphatic rings. The third-order valence-electron chi connectivity index (χ3n) is 5.13. The number of urea groups is 1. The van der Waals surface area contributed by atoms with E-state index < -0.39 is 6.04 Å². The standard InChI is InChI=1S/C20H27ClFN5O2/c1-12(2)18(19-24-13(3)26-29-19)25-20(28)23-11-16(27-9-4-5-10-27)17-14(21)7-6-8-15(17)22/h6-8,12,16,18H,4-5,9-11H2,1-3H3,(H2,23,25,28). The number of aromatic nitrogens is 2. The number of nitrogens with zero attached hydrogens (tertiary/aromatic N) is 3. The van der Waals surface area contributed by atoms with E-state index in [-0.39, 0.29) is 30.4 Å². The maximum absolute atomic E-state index is 14.6. The summed E-state index contributed by atoms with van der Waals surface area (Å²) in [6.07, 6.45) is 2.08. The van der Waals surface area contributed by atoms with Gasteiger partial charge in [-0.2, -0.15) is 4.98 Å². The van der Waals surface area contributed by atoms with Gasteiger partial charge >= 0.3 is 6.03 Å². The lowest BCUT2D eigenvalue weighted by Gasteiger charge is -2.29. The summed E-state index contributed by atoms with van der Waals surface area (Å²) in [4.78, 5) is 19.0. The molecule has 7 nitrogen and oxygen atoms in total. The average Bonchev–Trinajstić information content (AvgIpc) is 3.33. The molecule has 2 amide bonds. The first-order valence-electron chi connectivity index (χ1n) is 9.89. The number of likely N-dealkylation sites (tertiary alicyclic amines) is 1. The first-order chi connectivity index (χ1) is 13.9. The number of hydrogen-bond donors (Lipinski definition) is 2. The number of rotatable bonds is 7. The van der Waals surface area contributed by atoms with Gasteiger partial charge in [0, 0.05) is 17.1 Å². The summed E-state index contributed by atoms with van der Waals surface area (Å²) in [7, 11) is 0. The van der Waals surface area contributed by atoms with E-state index in [4.69, 9.17) is 16.1 Å².